The molecule has 12 heavy (non-hydrogen) atoms. The first-order valence-electron chi connectivity index (χ1n) is 3.52. The van der Waals surface area contributed by atoms with Gasteiger partial charge in [-0.15, -0.1) is 0 Å². The zero-order valence-electron chi connectivity index (χ0n) is 6.53. The number of anilines is 1. The summed E-state index contributed by atoms with van der Waals surface area (Å²) in [7, 11) is 0. The van der Waals surface area contributed by atoms with E-state index in [-0.39, 0.29) is 5.75 Å². The zero-order valence-corrected chi connectivity index (χ0v) is 6.53. The fourth-order valence-electron chi connectivity index (χ4n) is 1.15. The molecular weight excluding hydrogens is 156 g/mol. The number of benzene rings is 1. The second-order valence-electron chi connectivity index (χ2n) is 2.62. The largest absolute Gasteiger partial charge is 0.508 e. The van der Waals surface area contributed by atoms with Crippen LogP contribution >= 0.6 is 0 Å². The van der Waals surface area contributed by atoms with Crippen molar-refractivity contribution in [3.05, 3.63) is 18.0 Å². The van der Waals surface area contributed by atoms with Gasteiger partial charge in [-0.25, -0.2) is 4.98 Å². The number of oxazole rings is 1. The molecule has 0 aliphatic rings. The van der Waals surface area contributed by atoms with Gasteiger partial charge in [0.15, 0.2) is 11.5 Å². The van der Waals surface area contributed by atoms with Crippen LogP contribution in [-0.4, -0.2) is 10.1 Å². The van der Waals surface area contributed by atoms with Crippen molar-refractivity contribution >= 4 is 16.8 Å². The van der Waals surface area contributed by atoms with E-state index in [0.717, 1.165) is 0 Å². The standard InChI is InChI=1S/C8H8N2O2/c1-4-10-7-3-5(11)2-6(9)8(7)12-4/h2-3,11H,9H2,1H3. The Hall–Kier alpha value is -1.71. The lowest BCUT2D eigenvalue weighted by Crippen LogP contribution is -1.84. The maximum Gasteiger partial charge on any atom is 0.192 e. The van der Waals surface area contributed by atoms with Gasteiger partial charge < -0.3 is 15.3 Å². The van der Waals surface area contributed by atoms with Crippen LogP contribution in [0.1, 0.15) is 5.89 Å². The molecule has 0 fully saturated rings. The van der Waals surface area contributed by atoms with Crippen LogP contribution in [0.25, 0.3) is 11.1 Å². The van der Waals surface area contributed by atoms with Crippen LogP contribution in [0.15, 0.2) is 16.5 Å². The number of nitrogens with zero attached hydrogens (tertiary/aromatic N) is 1. The summed E-state index contributed by atoms with van der Waals surface area (Å²) in [5, 5.41) is 9.16. The molecule has 0 radical (unpaired) electrons. The normalized spacial score (nSPS) is 10.8. The highest BCUT2D eigenvalue weighted by Gasteiger charge is 2.06. The van der Waals surface area contributed by atoms with Crippen molar-refractivity contribution in [3.8, 4) is 5.75 Å². The van der Waals surface area contributed by atoms with E-state index in [9.17, 15) is 0 Å². The van der Waals surface area contributed by atoms with Crippen LogP contribution < -0.4 is 5.73 Å². The Kier molecular flexibility index (Phi) is 1.24. The van der Waals surface area contributed by atoms with Crippen LogP contribution in [0.3, 0.4) is 0 Å². The van der Waals surface area contributed by atoms with Crippen LogP contribution in [0.4, 0.5) is 5.69 Å². The number of fused-ring (bicyclic) bond motifs is 1. The second kappa shape index (κ2) is 2.14. The number of rotatable bonds is 0. The summed E-state index contributed by atoms with van der Waals surface area (Å²) in [5.74, 6) is 0.649. The molecule has 0 amide bonds. The Balaban J connectivity index is 2.88. The van der Waals surface area contributed by atoms with Gasteiger partial charge in [0.05, 0.1) is 5.69 Å². The summed E-state index contributed by atoms with van der Waals surface area (Å²) in [5.41, 5.74) is 7.11. The molecule has 0 saturated carbocycles. The molecular formula is C8H8N2O2. The number of hydrogen-bond donors (Lipinski definition) is 2. The monoisotopic (exact) mass is 164 g/mol. The van der Waals surface area contributed by atoms with E-state index in [4.69, 9.17) is 15.3 Å². The molecule has 2 rings (SSSR count). The van der Waals surface area contributed by atoms with E-state index in [1.807, 2.05) is 0 Å². The van der Waals surface area contributed by atoms with Gasteiger partial charge in [0.1, 0.15) is 11.3 Å². The van der Waals surface area contributed by atoms with Crippen molar-refractivity contribution in [2.45, 2.75) is 6.92 Å². The minimum absolute atomic E-state index is 0.105. The smallest absolute Gasteiger partial charge is 0.192 e. The third-order valence-electron chi connectivity index (χ3n) is 1.61. The highest BCUT2D eigenvalue weighted by atomic mass is 16.3. The predicted octanol–water partition coefficient (Wildman–Crippen LogP) is 1.42. The van der Waals surface area contributed by atoms with Gasteiger partial charge in [0, 0.05) is 19.1 Å². The number of nitrogen functional groups attached to an aromatic ring is 1. The zero-order chi connectivity index (χ0) is 8.72. The molecule has 62 valence electrons. The number of nitrogens with two attached hydrogens (primary N) is 1. The molecule has 0 aliphatic heterocycles. The summed E-state index contributed by atoms with van der Waals surface area (Å²) in [6.45, 7) is 1.73. The highest BCUT2D eigenvalue weighted by Crippen LogP contribution is 2.26. The van der Waals surface area contributed by atoms with Crippen molar-refractivity contribution in [2.75, 3.05) is 5.73 Å². The summed E-state index contributed by atoms with van der Waals surface area (Å²) >= 11 is 0. The predicted molar refractivity (Wildman–Crippen MR) is 44.8 cm³/mol. The fraction of sp³-hybridized carbons (Fsp3) is 0.125. The van der Waals surface area contributed by atoms with Gasteiger partial charge >= 0.3 is 0 Å². The molecule has 1 aromatic carbocycles. The molecule has 1 heterocycles. The minimum Gasteiger partial charge on any atom is -0.508 e. The Morgan fingerprint density at radius 1 is 1.50 bits per heavy atom. The molecule has 0 saturated heterocycles. The van der Waals surface area contributed by atoms with E-state index < -0.39 is 0 Å². The average Bonchev–Trinajstić information content (AvgIpc) is 2.29. The molecule has 2 aromatic rings. The molecule has 0 unspecified atom stereocenters. The second-order valence-corrected chi connectivity index (χ2v) is 2.62. The maximum atomic E-state index is 9.16. The van der Waals surface area contributed by atoms with Crippen molar-refractivity contribution < 1.29 is 9.52 Å². The van der Waals surface area contributed by atoms with E-state index in [0.29, 0.717) is 22.7 Å². The first-order chi connectivity index (χ1) is 5.66. The number of phenolic OH excluding ortho intramolecular Hbond substituents is 1. The number of aromatic nitrogens is 1. The summed E-state index contributed by atoms with van der Waals surface area (Å²) in [4.78, 5) is 4.03. The molecule has 4 nitrogen and oxygen atoms in total. The lowest BCUT2D eigenvalue weighted by Gasteiger charge is -1.94. The van der Waals surface area contributed by atoms with Gasteiger partial charge in [0.25, 0.3) is 0 Å². The number of hydrogen-bond acceptors (Lipinski definition) is 4. The molecule has 0 atom stereocenters. The van der Waals surface area contributed by atoms with E-state index in [1.165, 1.54) is 12.1 Å². The number of phenols is 1. The third-order valence-corrected chi connectivity index (χ3v) is 1.61. The molecule has 3 N–H and O–H groups in total. The Labute approximate surface area is 68.6 Å². The Morgan fingerprint density at radius 2 is 2.25 bits per heavy atom. The third kappa shape index (κ3) is 0.887. The Morgan fingerprint density at radius 3 is 3.00 bits per heavy atom. The van der Waals surface area contributed by atoms with Gasteiger partial charge in [-0.05, 0) is 0 Å². The van der Waals surface area contributed by atoms with Crippen molar-refractivity contribution in [1.29, 1.82) is 0 Å². The molecule has 0 aliphatic carbocycles. The van der Waals surface area contributed by atoms with Crippen LogP contribution in [0.5, 0.6) is 5.75 Å². The molecule has 0 bridgehead atoms. The summed E-state index contributed by atoms with van der Waals surface area (Å²) < 4.78 is 5.21. The highest BCUT2D eigenvalue weighted by molar-refractivity contribution is 5.86. The number of aryl methyl sites for hydroxylation is 1. The topological polar surface area (TPSA) is 72.3 Å². The SMILES string of the molecule is Cc1nc2cc(O)cc(N)c2o1. The van der Waals surface area contributed by atoms with Crippen LogP contribution in [0.2, 0.25) is 0 Å². The van der Waals surface area contributed by atoms with Gasteiger partial charge in [-0.3, -0.25) is 0 Å². The van der Waals surface area contributed by atoms with Crippen molar-refractivity contribution in [3.63, 3.8) is 0 Å². The van der Waals surface area contributed by atoms with Crippen molar-refractivity contribution in [1.82, 2.24) is 4.98 Å². The van der Waals surface area contributed by atoms with E-state index in [1.54, 1.807) is 6.92 Å². The molecule has 0 spiro atoms. The van der Waals surface area contributed by atoms with E-state index in [2.05, 4.69) is 4.98 Å². The van der Waals surface area contributed by atoms with Gasteiger partial charge in [0.2, 0.25) is 0 Å². The van der Waals surface area contributed by atoms with Gasteiger partial charge in [-0.1, -0.05) is 0 Å². The van der Waals surface area contributed by atoms with E-state index >= 15 is 0 Å². The quantitative estimate of drug-likeness (QED) is 0.577. The van der Waals surface area contributed by atoms with Crippen LogP contribution in [0, 0.1) is 6.92 Å². The summed E-state index contributed by atoms with van der Waals surface area (Å²) in [6.07, 6.45) is 0. The summed E-state index contributed by atoms with van der Waals surface area (Å²) in [6, 6.07) is 2.95. The van der Waals surface area contributed by atoms with Crippen molar-refractivity contribution in [2.24, 2.45) is 0 Å². The first-order valence-corrected chi connectivity index (χ1v) is 3.52. The van der Waals surface area contributed by atoms with Gasteiger partial charge in [-0.2, -0.15) is 0 Å². The lowest BCUT2D eigenvalue weighted by molar-refractivity contribution is 0.476. The molecule has 1 aromatic heterocycles. The fourth-order valence-corrected chi connectivity index (χ4v) is 1.15. The lowest BCUT2D eigenvalue weighted by atomic mass is 10.3. The van der Waals surface area contributed by atoms with Crippen LogP contribution in [-0.2, 0) is 0 Å². The minimum atomic E-state index is 0.105. The first kappa shape index (κ1) is 6.97. The Bertz CT molecular complexity index is 434. The average molecular weight is 164 g/mol. The maximum absolute atomic E-state index is 9.16. The molecule has 4 heteroatoms. The number of aromatic hydroxyl groups is 1.